The fourth-order valence-electron chi connectivity index (χ4n) is 2.87. The van der Waals surface area contributed by atoms with Crippen molar-refractivity contribution >= 4 is 29.0 Å². The van der Waals surface area contributed by atoms with Crippen LogP contribution >= 0.6 is 0 Å². The number of benzene rings is 3. The van der Waals surface area contributed by atoms with Crippen LogP contribution in [0.1, 0.15) is 31.1 Å². The first-order valence-corrected chi connectivity index (χ1v) is 9.49. The number of hydrogen-bond donors (Lipinski definition) is 2. The Kier molecular flexibility index (Phi) is 6.92. The van der Waals surface area contributed by atoms with Crippen molar-refractivity contribution in [3.05, 3.63) is 99.6 Å². The maximum Gasteiger partial charge on any atom is 0.292 e. The highest BCUT2D eigenvalue weighted by Gasteiger charge is 2.16. The fourth-order valence-corrected chi connectivity index (χ4v) is 2.87. The number of ether oxygens (including phenoxy) is 1. The van der Waals surface area contributed by atoms with Crippen LogP contribution in [-0.2, 0) is 0 Å². The third-order valence-corrected chi connectivity index (χ3v) is 4.56. The zero-order valence-corrected chi connectivity index (χ0v) is 17.0. The molecule has 0 aliphatic rings. The number of Topliss-reactive ketones (excluding diaryl/α,β-unsaturated/α-hetero) is 1. The van der Waals surface area contributed by atoms with Gasteiger partial charge in [0.1, 0.15) is 11.4 Å². The molecule has 0 aromatic heterocycles. The van der Waals surface area contributed by atoms with Crippen LogP contribution < -0.4 is 15.4 Å². The molecule has 162 valence electrons. The highest BCUT2D eigenvalue weighted by Crippen LogP contribution is 2.23. The van der Waals surface area contributed by atoms with Crippen LogP contribution in [0.15, 0.2) is 72.8 Å². The number of nitro benzene ring substituents is 1. The van der Waals surface area contributed by atoms with Crippen molar-refractivity contribution in [1.82, 2.24) is 5.32 Å². The number of para-hydroxylation sites is 2. The molecule has 0 spiro atoms. The summed E-state index contributed by atoms with van der Waals surface area (Å²) in [5.41, 5.74) is 0.736. The number of methoxy groups -OCH3 is 1. The summed E-state index contributed by atoms with van der Waals surface area (Å²) in [6.45, 7) is -0.224. The first kappa shape index (κ1) is 22.2. The molecule has 0 aliphatic carbocycles. The third-order valence-electron chi connectivity index (χ3n) is 4.56. The number of amides is 2. The third kappa shape index (κ3) is 5.33. The first-order valence-electron chi connectivity index (χ1n) is 9.49. The molecular weight excluding hydrogens is 414 g/mol. The van der Waals surface area contributed by atoms with E-state index in [1.54, 1.807) is 30.3 Å². The molecule has 9 heteroatoms. The van der Waals surface area contributed by atoms with Crippen molar-refractivity contribution in [2.75, 3.05) is 19.0 Å². The van der Waals surface area contributed by atoms with Crippen molar-refractivity contribution in [3.63, 3.8) is 0 Å². The normalized spacial score (nSPS) is 10.2. The molecule has 0 aliphatic heterocycles. The van der Waals surface area contributed by atoms with E-state index in [9.17, 15) is 24.5 Å². The van der Waals surface area contributed by atoms with E-state index >= 15 is 0 Å². The van der Waals surface area contributed by atoms with E-state index in [2.05, 4.69) is 10.6 Å². The number of carbonyl (C=O) groups is 3. The Bertz CT molecular complexity index is 1170. The van der Waals surface area contributed by atoms with Gasteiger partial charge in [-0.05, 0) is 36.4 Å². The molecule has 9 nitrogen and oxygen atoms in total. The van der Waals surface area contributed by atoms with Gasteiger partial charge in [0.25, 0.3) is 17.5 Å². The summed E-state index contributed by atoms with van der Waals surface area (Å²) in [4.78, 5) is 47.5. The maximum atomic E-state index is 12.4. The van der Waals surface area contributed by atoms with Crippen LogP contribution in [0.25, 0.3) is 0 Å². The van der Waals surface area contributed by atoms with Gasteiger partial charge < -0.3 is 15.4 Å². The summed E-state index contributed by atoms with van der Waals surface area (Å²) in [6, 6.07) is 18.1. The number of carbonyl (C=O) groups excluding carboxylic acids is 3. The van der Waals surface area contributed by atoms with Gasteiger partial charge in [-0.3, -0.25) is 24.5 Å². The summed E-state index contributed by atoms with van der Waals surface area (Å²) >= 11 is 0. The number of ketones is 1. The SMILES string of the molecule is COc1cccc(C(=O)NCC(=O)c2ccc(C(=O)Nc3ccccc3[N+](=O)[O-])cc2)c1. The molecular formula is C23H19N3O6. The molecule has 0 fully saturated rings. The molecule has 0 saturated heterocycles. The fraction of sp³-hybridized carbons (Fsp3) is 0.0870. The quantitative estimate of drug-likeness (QED) is 0.318. The van der Waals surface area contributed by atoms with Gasteiger partial charge in [-0.1, -0.05) is 30.3 Å². The molecule has 0 radical (unpaired) electrons. The Labute approximate surface area is 183 Å². The van der Waals surface area contributed by atoms with E-state index in [0.29, 0.717) is 16.9 Å². The van der Waals surface area contributed by atoms with Crippen LogP contribution in [0.5, 0.6) is 5.75 Å². The van der Waals surface area contributed by atoms with E-state index in [4.69, 9.17) is 4.74 Å². The van der Waals surface area contributed by atoms with E-state index in [1.807, 2.05) is 0 Å². The Morgan fingerprint density at radius 3 is 2.25 bits per heavy atom. The monoisotopic (exact) mass is 433 g/mol. The molecule has 3 rings (SSSR count). The average molecular weight is 433 g/mol. The van der Waals surface area contributed by atoms with Gasteiger partial charge in [0.2, 0.25) is 0 Å². The highest BCUT2D eigenvalue weighted by atomic mass is 16.6. The molecule has 3 aromatic carbocycles. The van der Waals surface area contributed by atoms with Crippen LogP contribution in [0.4, 0.5) is 11.4 Å². The van der Waals surface area contributed by atoms with E-state index < -0.39 is 16.7 Å². The zero-order chi connectivity index (χ0) is 23.1. The van der Waals surface area contributed by atoms with Crippen LogP contribution in [-0.4, -0.2) is 36.2 Å². The Morgan fingerprint density at radius 1 is 0.875 bits per heavy atom. The minimum atomic E-state index is -0.586. The van der Waals surface area contributed by atoms with Gasteiger partial charge in [-0.2, -0.15) is 0 Å². The second-order valence-corrected chi connectivity index (χ2v) is 6.64. The van der Waals surface area contributed by atoms with E-state index in [0.717, 1.165) is 0 Å². The molecule has 2 N–H and O–H groups in total. The lowest BCUT2D eigenvalue weighted by atomic mass is 10.1. The Hall–Kier alpha value is -4.53. The van der Waals surface area contributed by atoms with Gasteiger partial charge in [0.05, 0.1) is 18.6 Å². The number of nitrogens with zero attached hydrogens (tertiary/aromatic N) is 1. The molecule has 3 aromatic rings. The second kappa shape index (κ2) is 9.98. The summed E-state index contributed by atoms with van der Waals surface area (Å²) in [6.07, 6.45) is 0. The minimum Gasteiger partial charge on any atom is -0.497 e. The lowest BCUT2D eigenvalue weighted by Gasteiger charge is -2.08. The first-order chi connectivity index (χ1) is 15.4. The maximum absolute atomic E-state index is 12.4. The minimum absolute atomic E-state index is 0.0721. The van der Waals surface area contributed by atoms with E-state index in [1.165, 1.54) is 49.6 Å². The molecule has 0 atom stereocenters. The van der Waals surface area contributed by atoms with Gasteiger partial charge in [-0.25, -0.2) is 0 Å². The van der Waals surface area contributed by atoms with Gasteiger partial charge in [0.15, 0.2) is 5.78 Å². The van der Waals surface area contributed by atoms with Gasteiger partial charge in [-0.15, -0.1) is 0 Å². The van der Waals surface area contributed by atoms with Gasteiger partial charge >= 0.3 is 0 Å². The Balaban J connectivity index is 1.61. The predicted molar refractivity (Wildman–Crippen MR) is 117 cm³/mol. The second-order valence-electron chi connectivity index (χ2n) is 6.64. The smallest absolute Gasteiger partial charge is 0.292 e. The predicted octanol–water partition coefficient (Wildman–Crippen LogP) is 3.47. The summed E-state index contributed by atoms with van der Waals surface area (Å²) < 4.78 is 5.07. The molecule has 32 heavy (non-hydrogen) atoms. The summed E-state index contributed by atoms with van der Waals surface area (Å²) in [5.74, 6) is -0.784. The van der Waals surface area contributed by atoms with Crippen molar-refractivity contribution in [2.24, 2.45) is 0 Å². The number of nitrogens with one attached hydrogen (secondary N) is 2. The van der Waals surface area contributed by atoms with Crippen molar-refractivity contribution in [1.29, 1.82) is 0 Å². The molecule has 0 heterocycles. The van der Waals surface area contributed by atoms with Crippen LogP contribution in [0.3, 0.4) is 0 Å². The topological polar surface area (TPSA) is 128 Å². The molecule has 0 saturated carbocycles. The number of nitro groups is 1. The number of anilines is 1. The van der Waals surface area contributed by atoms with Crippen LogP contribution in [0, 0.1) is 10.1 Å². The average Bonchev–Trinajstić information content (AvgIpc) is 2.82. The van der Waals surface area contributed by atoms with Gasteiger partial charge in [0, 0.05) is 22.8 Å². The zero-order valence-electron chi connectivity index (χ0n) is 17.0. The summed E-state index contributed by atoms with van der Waals surface area (Å²) in [5, 5.41) is 16.1. The number of hydrogen-bond acceptors (Lipinski definition) is 6. The lowest BCUT2D eigenvalue weighted by Crippen LogP contribution is -2.29. The number of rotatable bonds is 8. The lowest BCUT2D eigenvalue weighted by molar-refractivity contribution is -0.383. The van der Waals surface area contributed by atoms with Crippen molar-refractivity contribution in [3.8, 4) is 5.75 Å². The van der Waals surface area contributed by atoms with Crippen LogP contribution in [0.2, 0.25) is 0 Å². The molecule has 0 bridgehead atoms. The van der Waals surface area contributed by atoms with E-state index in [-0.39, 0.29) is 29.3 Å². The highest BCUT2D eigenvalue weighted by molar-refractivity contribution is 6.07. The standard InChI is InChI=1S/C23H19N3O6/c1-32-18-6-4-5-17(13-18)22(28)24-14-21(27)15-9-11-16(12-10-15)23(29)25-19-7-2-3-8-20(19)26(30)31/h2-13H,14H2,1H3,(H,24,28)(H,25,29). The van der Waals surface area contributed by atoms with Crippen molar-refractivity contribution in [2.45, 2.75) is 0 Å². The largest absolute Gasteiger partial charge is 0.497 e. The summed E-state index contributed by atoms with van der Waals surface area (Å²) in [7, 11) is 1.49. The van der Waals surface area contributed by atoms with Crippen molar-refractivity contribution < 1.29 is 24.0 Å². The molecule has 0 unspecified atom stereocenters. The Morgan fingerprint density at radius 2 is 1.56 bits per heavy atom. The molecule has 2 amide bonds.